The van der Waals surface area contributed by atoms with Crippen LogP contribution in [0.4, 0.5) is 0 Å². The third-order valence-corrected chi connectivity index (χ3v) is 2.80. The van der Waals surface area contributed by atoms with Gasteiger partial charge in [0.2, 0.25) is 0 Å². The van der Waals surface area contributed by atoms with E-state index in [0.717, 1.165) is 16.9 Å². The van der Waals surface area contributed by atoms with Gasteiger partial charge >= 0.3 is 0 Å². The van der Waals surface area contributed by atoms with Gasteiger partial charge in [0.05, 0.1) is 15.2 Å². The fourth-order valence-electron chi connectivity index (χ4n) is 1.16. The van der Waals surface area contributed by atoms with E-state index in [9.17, 15) is 0 Å². The Balaban J connectivity index is 2.32. The first kappa shape index (κ1) is 8.45. The molecule has 0 fully saturated rings. The van der Waals surface area contributed by atoms with Gasteiger partial charge in [-0.05, 0) is 18.6 Å². The number of fused-ring (bicyclic) bond motifs is 1. The fraction of sp³-hybridized carbons (Fsp3) is 0.0909. The van der Waals surface area contributed by atoms with Crippen LogP contribution in [0.2, 0.25) is 0 Å². The predicted octanol–water partition coefficient (Wildman–Crippen LogP) is 3.42. The molecule has 0 aliphatic heterocycles. The second-order valence-corrected chi connectivity index (χ2v) is 3.81. The van der Waals surface area contributed by atoms with Crippen LogP contribution in [-0.4, -0.2) is 4.98 Å². The lowest BCUT2D eigenvalue weighted by Gasteiger charge is -1.85. The zero-order chi connectivity index (χ0) is 9.10. The molecule has 0 amide bonds. The Morgan fingerprint density at radius 2 is 2.23 bits per heavy atom. The van der Waals surface area contributed by atoms with Crippen molar-refractivity contribution in [3.8, 4) is 0 Å². The second-order valence-electron chi connectivity index (χ2n) is 2.75. The van der Waals surface area contributed by atoms with Gasteiger partial charge in [0.15, 0.2) is 0 Å². The topological polar surface area (TPSA) is 12.9 Å². The minimum atomic E-state index is 0.889. The molecule has 0 saturated carbocycles. The number of para-hydroxylation sites is 1. The Labute approximate surface area is 81.7 Å². The Kier molecular flexibility index (Phi) is 2.41. The highest BCUT2D eigenvalue weighted by Gasteiger charge is 2.01. The zero-order valence-electron chi connectivity index (χ0n) is 7.23. The van der Waals surface area contributed by atoms with Gasteiger partial charge in [-0.15, -0.1) is 17.9 Å². The van der Waals surface area contributed by atoms with Gasteiger partial charge in [0.25, 0.3) is 0 Å². The number of hydrogen-bond donors (Lipinski definition) is 0. The van der Waals surface area contributed by atoms with E-state index in [0.29, 0.717) is 0 Å². The molecule has 0 bridgehead atoms. The average Bonchev–Trinajstić information content (AvgIpc) is 2.57. The Hall–Kier alpha value is -1.15. The van der Waals surface area contributed by atoms with Crippen molar-refractivity contribution in [1.82, 2.24) is 4.98 Å². The summed E-state index contributed by atoms with van der Waals surface area (Å²) < 4.78 is 1.25. The van der Waals surface area contributed by atoms with Crippen LogP contribution in [-0.2, 0) is 0 Å². The molecule has 0 aliphatic rings. The number of aromatic nitrogens is 1. The molecule has 0 aliphatic carbocycles. The van der Waals surface area contributed by atoms with Crippen molar-refractivity contribution < 1.29 is 0 Å². The molecule has 1 heterocycles. The summed E-state index contributed by atoms with van der Waals surface area (Å²) >= 11 is 1.72. The largest absolute Gasteiger partial charge is 0.241 e. The molecule has 1 aromatic carbocycles. The molecule has 2 aromatic rings. The van der Waals surface area contributed by atoms with Gasteiger partial charge in [0, 0.05) is 6.42 Å². The third-order valence-electron chi connectivity index (χ3n) is 1.77. The standard InChI is InChI=1S/C11H10NS/c1-2-3-8-11-12-9-6-4-5-7-10(9)13-11/h2,4-8H,1,3H2. The van der Waals surface area contributed by atoms with Crippen LogP contribution >= 0.6 is 11.3 Å². The van der Waals surface area contributed by atoms with Crippen LogP contribution in [0.25, 0.3) is 10.2 Å². The van der Waals surface area contributed by atoms with Crippen molar-refractivity contribution in [2.24, 2.45) is 0 Å². The first-order valence-corrected chi connectivity index (χ1v) is 5.01. The minimum absolute atomic E-state index is 0.889. The number of nitrogens with zero attached hydrogens (tertiary/aromatic N) is 1. The highest BCUT2D eigenvalue weighted by atomic mass is 32.1. The first-order valence-electron chi connectivity index (χ1n) is 4.20. The van der Waals surface area contributed by atoms with E-state index >= 15 is 0 Å². The maximum Gasteiger partial charge on any atom is 0.0979 e. The summed E-state index contributed by atoms with van der Waals surface area (Å²) in [7, 11) is 0. The van der Waals surface area contributed by atoms with Crippen molar-refractivity contribution in [3.63, 3.8) is 0 Å². The maximum atomic E-state index is 4.47. The van der Waals surface area contributed by atoms with Crippen molar-refractivity contribution in [2.75, 3.05) is 0 Å². The molecule has 0 spiro atoms. The molecule has 13 heavy (non-hydrogen) atoms. The van der Waals surface area contributed by atoms with Crippen molar-refractivity contribution in [2.45, 2.75) is 6.42 Å². The average molecular weight is 188 g/mol. The van der Waals surface area contributed by atoms with E-state index < -0.39 is 0 Å². The molecule has 2 heteroatoms. The SMILES string of the molecule is C=CC[CH]c1nc2ccccc2s1. The van der Waals surface area contributed by atoms with E-state index in [4.69, 9.17) is 0 Å². The minimum Gasteiger partial charge on any atom is -0.241 e. The van der Waals surface area contributed by atoms with Crippen LogP contribution in [0, 0.1) is 6.42 Å². The Morgan fingerprint density at radius 3 is 3.00 bits per heavy atom. The number of thiazole rings is 1. The van der Waals surface area contributed by atoms with Gasteiger partial charge < -0.3 is 0 Å². The monoisotopic (exact) mass is 188 g/mol. The molecular weight excluding hydrogens is 178 g/mol. The highest BCUT2D eigenvalue weighted by Crippen LogP contribution is 2.23. The van der Waals surface area contributed by atoms with Gasteiger partial charge in [-0.2, -0.15) is 0 Å². The lowest BCUT2D eigenvalue weighted by molar-refractivity contribution is 1.22. The van der Waals surface area contributed by atoms with E-state index in [-0.39, 0.29) is 0 Å². The van der Waals surface area contributed by atoms with E-state index in [1.807, 2.05) is 24.3 Å². The summed E-state index contributed by atoms with van der Waals surface area (Å²) in [5.41, 5.74) is 1.09. The van der Waals surface area contributed by atoms with Gasteiger partial charge in [-0.25, -0.2) is 4.98 Å². The predicted molar refractivity (Wildman–Crippen MR) is 57.8 cm³/mol. The summed E-state index contributed by atoms with van der Waals surface area (Å²) in [5.74, 6) is 0. The molecule has 65 valence electrons. The lowest BCUT2D eigenvalue weighted by Crippen LogP contribution is -1.75. The fourth-order valence-corrected chi connectivity index (χ4v) is 2.08. The summed E-state index contributed by atoms with van der Waals surface area (Å²) in [6.07, 6.45) is 4.86. The highest BCUT2D eigenvalue weighted by molar-refractivity contribution is 7.18. The molecule has 0 N–H and O–H groups in total. The van der Waals surface area contributed by atoms with Crippen molar-refractivity contribution in [3.05, 3.63) is 48.3 Å². The number of rotatable bonds is 3. The zero-order valence-corrected chi connectivity index (χ0v) is 8.05. The van der Waals surface area contributed by atoms with Crippen LogP contribution in [0.3, 0.4) is 0 Å². The number of hydrogen-bond acceptors (Lipinski definition) is 2. The Morgan fingerprint density at radius 1 is 1.38 bits per heavy atom. The van der Waals surface area contributed by atoms with E-state index in [1.54, 1.807) is 11.3 Å². The van der Waals surface area contributed by atoms with Crippen molar-refractivity contribution >= 4 is 21.6 Å². The summed E-state index contributed by atoms with van der Waals surface area (Å²) in [6.45, 7) is 3.68. The quantitative estimate of drug-likeness (QED) is 0.672. The van der Waals surface area contributed by atoms with Gasteiger partial charge in [0.1, 0.15) is 0 Å². The Bertz CT molecular complexity index is 384. The first-order chi connectivity index (χ1) is 6.40. The molecule has 1 nitrogen and oxygen atoms in total. The molecule has 1 aromatic heterocycles. The normalized spacial score (nSPS) is 10.5. The molecular formula is C11H10NS. The van der Waals surface area contributed by atoms with Gasteiger partial charge in [-0.3, -0.25) is 0 Å². The molecule has 1 radical (unpaired) electrons. The summed E-state index contributed by atoms with van der Waals surface area (Å²) in [4.78, 5) is 4.47. The van der Waals surface area contributed by atoms with Crippen LogP contribution in [0.15, 0.2) is 36.9 Å². The van der Waals surface area contributed by atoms with E-state index in [2.05, 4.69) is 24.1 Å². The van der Waals surface area contributed by atoms with Crippen LogP contribution < -0.4 is 0 Å². The van der Waals surface area contributed by atoms with Crippen LogP contribution in [0.1, 0.15) is 11.4 Å². The summed E-state index contributed by atoms with van der Waals surface area (Å²) in [5, 5.41) is 1.08. The van der Waals surface area contributed by atoms with Gasteiger partial charge in [-0.1, -0.05) is 18.2 Å². The smallest absolute Gasteiger partial charge is 0.0979 e. The van der Waals surface area contributed by atoms with E-state index in [1.165, 1.54) is 4.70 Å². The molecule has 2 rings (SSSR count). The summed E-state index contributed by atoms with van der Waals surface area (Å²) in [6, 6.07) is 8.19. The maximum absolute atomic E-state index is 4.47. The van der Waals surface area contributed by atoms with Crippen LogP contribution in [0.5, 0.6) is 0 Å². The number of allylic oxidation sites excluding steroid dienone is 1. The molecule has 0 saturated heterocycles. The molecule has 0 unspecified atom stereocenters. The molecule has 0 atom stereocenters. The number of benzene rings is 1. The lowest BCUT2D eigenvalue weighted by atomic mass is 10.3. The van der Waals surface area contributed by atoms with Crippen molar-refractivity contribution in [1.29, 1.82) is 0 Å². The second kappa shape index (κ2) is 3.71. The third kappa shape index (κ3) is 1.78.